The molecule has 3 heterocycles. The lowest BCUT2D eigenvalue weighted by Gasteiger charge is -2.39. The summed E-state index contributed by atoms with van der Waals surface area (Å²) in [6.45, 7) is 8.15. The van der Waals surface area contributed by atoms with E-state index >= 15 is 0 Å². The van der Waals surface area contributed by atoms with Crippen LogP contribution in [0.25, 0.3) is 0 Å². The summed E-state index contributed by atoms with van der Waals surface area (Å²) >= 11 is 0. The standard InChI is InChI=1S/C36H38N6O6/c1-25-31(35-39-37-24-47-35)32(29-15-9-16-30(23-29)42(44)45)34(26(2)38-25)48-36(43)46-22-10-17-40-18-20-41(21-19-40)33(27-11-5-3-6-12-27)28-13-7-4-8-14-28/h3-9,11-16,23-24,31-33H,10,17-22H2,1-2H3. The second-order valence-corrected chi connectivity index (χ2v) is 11.9. The average Bonchev–Trinajstić information content (AvgIpc) is 3.64. The lowest BCUT2D eigenvalue weighted by atomic mass is 9.79. The summed E-state index contributed by atoms with van der Waals surface area (Å²) < 4.78 is 16.8. The van der Waals surface area contributed by atoms with E-state index < -0.39 is 22.9 Å². The summed E-state index contributed by atoms with van der Waals surface area (Å²) in [4.78, 5) is 33.6. The quantitative estimate of drug-likeness (QED) is 0.0765. The molecule has 4 aromatic rings. The Morgan fingerprint density at radius 3 is 2.27 bits per heavy atom. The second kappa shape index (κ2) is 15.1. The van der Waals surface area contributed by atoms with Crippen LogP contribution in [-0.2, 0) is 9.47 Å². The van der Waals surface area contributed by atoms with Gasteiger partial charge in [0.05, 0.1) is 35.1 Å². The van der Waals surface area contributed by atoms with Gasteiger partial charge in [-0.25, -0.2) is 4.79 Å². The van der Waals surface area contributed by atoms with Crippen molar-refractivity contribution < 1.29 is 23.6 Å². The zero-order valence-corrected chi connectivity index (χ0v) is 27.0. The first-order valence-corrected chi connectivity index (χ1v) is 16.1. The van der Waals surface area contributed by atoms with Crippen molar-refractivity contribution in [3.05, 3.63) is 135 Å². The predicted molar refractivity (Wildman–Crippen MR) is 178 cm³/mol. The fourth-order valence-corrected chi connectivity index (χ4v) is 6.65. The third-order valence-electron chi connectivity index (χ3n) is 8.88. The summed E-state index contributed by atoms with van der Waals surface area (Å²) in [6, 6.07) is 27.6. The molecule has 0 aliphatic carbocycles. The predicted octanol–water partition coefficient (Wildman–Crippen LogP) is 6.50. The molecule has 12 heteroatoms. The third kappa shape index (κ3) is 7.50. The molecule has 0 saturated carbocycles. The first kappa shape index (κ1) is 32.7. The number of carbonyl (C=O) groups is 1. The minimum Gasteiger partial charge on any atom is -0.434 e. The van der Waals surface area contributed by atoms with E-state index in [-0.39, 0.29) is 30.0 Å². The molecule has 0 radical (unpaired) electrons. The van der Waals surface area contributed by atoms with Crippen LogP contribution in [0, 0.1) is 10.1 Å². The number of piperazine rings is 1. The molecule has 1 fully saturated rings. The molecule has 0 N–H and O–H groups in total. The van der Waals surface area contributed by atoms with E-state index in [9.17, 15) is 14.9 Å². The van der Waals surface area contributed by atoms with Crippen LogP contribution in [0.5, 0.6) is 0 Å². The van der Waals surface area contributed by atoms with E-state index in [0.29, 0.717) is 23.4 Å². The van der Waals surface area contributed by atoms with Crippen molar-refractivity contribution >= 4 is 17.6 Å². The summed E-state index contributed by atoms with van der Waals surface area (Å²) in [7, 11) is 0. The lowest BCUT2D eigenvalue weighted by Crippen LogP contribution is -2.48. The molecule has 2 aliphatic heterocycles. The van der Waals surface area contributed by atoms with E-state index in [1.54, 1.807) is 26.0 Å². The summed E-state index contributed by atoms with van der Waals surface area (Å²) in [5.74, 6) is -0.796. The number of nitro groups is 1. The van der Waals surface area contributed by atoms with Gasteiger partial charge in [-0.15, -0.1) is 10.2 Å². The van der Waals surface area contributed by atoms with Crippen molar-refractivity contribution in [2.24, 2.45) is 4.99 Å². The number of carbonyl (C=O) groups excluding carboxylic acids is 1. The normalized spacial score (nSPS) is 18.9. The molecule has 1 saturated heterocycles. The second-order valence-electron chi connectivity index (χ2n) is 11.9. The topological polar surface area (TPSA) is 136 Å². The van der Waals surface area contributed by atoms with Gasteiger partial charge in [0.25, 0.3) is 5.69 Å². The maximum atomic E-state index is 13.0. The lowest BCUT2D eigenvalue weighted by molar-refractivity contribution is -0.384. The number of nitro benzene ring substituents is 1. The Kier molecular flexibility index (Phi) is 10.3. The number of non-ortho nitro benzene ring substituents is 1. The van der Waals surface area contributed by atoms with Gasteiger partial charge in [-0.2, -0.15) is 0 Å². The van der Waals surface area contributed by atoms with Crippen molar-refractivity contribution in [2.75, 3.05) is 39.3 Å². The molecule has 2 aliphatic rings. The van der Waals surface area contributed by atoms with Crippen LogP contribution in [0.4, 0.5) is 10.5 Å². The van der Waals surface area contributed by atoms with Crippen molar-refractivity contribution in [3.63, 3.8) is 0 Å². The summed E-state index contributed by atoms with van der Waals surface area (Å²) in [5.41, 5.74) is 4.12. The number of benzene rings is 3. The van der Waals surface area contributed by atoms with Gasteiger partial charge < -0.3 is 18.8 Å². The largest absolute Gasteiger partial charge is 0.513 e. The molecule has 0 amide bonds. The molecule has 0 bridgehead atoms. The molecule has 48 heavy (non-hydrogen) atoms. The molecule has 0 spiro atoms. The first-order chi connectivity index (χ1) is 23.4. The van der Waals surface area contributed by atoms with Crippen LogP contribution in [0.15, 0.2) is 112 Å². The number of aromatic nitrogens is 2. The minimum absolute atomic E-state index is 0.0898. The van der Waals surface area contributed by atoms with Gasteiger partial charge in [-0.1, -0.05) is 72.8 Å². The van der Waals surface area contributed by atoms with E-state index in [2.05, 4.69) is 73.5 Å². The fourth-order valence-electron chi connectivity index (χ4n) is 6.65. The highest BCUT2D eigenvalue weighted by Gasteiger charge is 2.40. The number of ether oxygens (including phenoxy) is 2. The van der Waals surface area contributed by atoms with Gasteiger partial charge in [-0.05, 0) is 37.0 Å². The Hall–Kier alpha value is -5.20. The monoisotopic (exact) mass is 650 g/mol. The van der Waals surface area contributed by atoms with Crippen molar-refractivity contribution in [1.82, 2.24) is 20.0 Å². The van der Waals surface area contributed by atoms with Gasteiger partial charge in [0.1, 0.15) is 5.76 Å². The van der Waals surface area contributed by atoms with Gasteiger partial charge in [0.15, 0.2) is 0 Å². The van der Waals surface area contributed by atoms with E-state index in [1.165, 1.54) is 29.7 Å². The molecule has 2 unspecified atom stereocenters. The average molecular weight is 651 g/mol. The Morgan fingerprint density at radius 2 is 1.65 bits per heavy atom. The van der Waals surface area contributed by atoms with Crippen LogP contribution in [0.2, 0.25) is 0 Å². The van der Waals surface area contributed by atoms with E-state index in [1.807, 2.05) is 12.1 Å². The third-order valence-corrected chi connectivity index (χ3v) is 8.88. The number of hydrogen-bond donors (Lipinski definition) is 0. The van der Waals surface area contributed by atoms with Crippen LogP contribution in [-0.4, -0.2) is 76.1 Å². The summed E-state index contributed by atoms with van der Waals surface area (Å²) in [5, 5.41) is 19.5. The highest BCUT2D eigenvalue weighted by atomic mass is 16.7. The molecule has 248 valence electrons. The number of hydrogen-bond acceptors (Lipinski definition) is 11. The van der Waals surface area contributed by atoms with Gasteiger partial charge in [-0.3, -0.25) is 20.0 Å². The highest BCUT2D eigenvalue weighted by molar-refractivity contribution is 5.91. The fraction of sp³-hybridized carbons (Fsp3) is 0.333. The molecule has 1 aromatic heterocycles. The molecule has 3 aromatic carbocycles. The van der Waals surface area contributed by atoms with Gasteiger partial charge in [0.2, 0.25) is 12.3 Å². The van der Waals surface area contributed by atoms with E-state index in [0.717, 1.165) is 32.7 Å². The highest BCUT2D eigenvalue weighted by Crippen LogP contribution is 2.44. The molecule has 6 rings (SSSR count). The Bertz CT molecular complexity index is 1710. The molecule has 12 nitrogen and oxygen atoms in total. The molecular weight excluding hydrogens is 612 g/mol. The van der Waals surface area contributed by atoms with Crippen molar-refractivity contribution in [3.8, 4) is 0 Å². The maximum absolute atomic E-state index is 13.0. The number of aliphatic imine (C=N–C) groups is 1. The van der Waals surface area contributed by atoms with Crippen LogP contribution in [0.3, 0.4) is 0 Å². The number of allylic oxidation sites excluding steroid dienone is 2. The zero-order chi connectivity index (χ0) is 33.5. The maximum Gasteiger partial charge on any atom is 0.513 e. The SMILES string of the molecule is CC1=NC(C)=C(OC(=O)OCCCN2CCN(C(c3ccccc3)c3ccccc3)CC2)C(c2cccc([N+](=O)[O-])c2)C1c1nnco1. The van der Waals surface area contributed by atoms with Crippen molar-refractivity contribution in [2.45, 2.75) is 38.1 Å². The summed E-state index contributed by atoms with van der Waals surface area (Å²) in [6.07, 6.45) is 0.985. The van der Waals surface area contributed by atoms with Crippen LogP contribution >= 0.6 is 0 Å². The Balaban J connectivity index is 1.05. The van der Waals surface area contributed by atoms with Crippen molar-refractivity contribution in [1.29, 1.82) is 0 Å². The number of rotatable bonds is 11. The molecule has 2 atom stereocenters. The van der Waals surface area contributed by atoms with Gasteiger partial charge >= 0.3 is 6.16 Å². The zero-order valence-electron chi connectivity index (χ0n) is 27.0. The Morgan fingerprint density at radius 1 is 0.958 bits per heavy atom. The number of nitrogens with zero attached hydrogens (tertiary/aromatic N) is 6. The minimum atomic E-state index is -0.864. The van der Waals surface area contributed by atoms with Crippen LogP contribution < -0.4 is 0 Å². The van der Waals surface area contributed by atoms with Gasteiger partial charge in [0, 0.05) is 50.6 Å². The smallest absolute Gasteiger partial charge is 0.434 e. The molecular formula is C36H38N6O6. The van der Waals surface area contributed by atoms with Crippen LogP contribution in [0.1, 0.15) is 60.7 Å². The first-order valence-electron chi connectivity index (χ1n) is 16.1. The van der Waals surface area contributed by atoms with E-state index in [4.69, 9.17) is 13.9 Å². The Labute approximate surface area is 278 Å².